The van der Waals surface area contributed by atoms with Gasteiger partial charge < -0.3 is 10.0 Å². The van der Waals surface area contributed by atoms with Gasteiger partial charge in [0.05, 0.1) is 0 Å². The maximum absolute atomic E-state index is 12.0. The van der Waals surface area contributed by atoms with Gasteiger partial charge in [-0.1, -0.05) is 36.9 Å². The number of carboxylic acids is 1. The Morgan fingerprint density at radius 1 is 1.28 bits per heavy atom. The molecule has 2 aliphatic heterocycles. The van der Waals surface area contributed by atoms with Crippen molar-refractivity contribution in [1.29, 1.82) is 0 Å². The number of carboxylic acid groups (broad SMARTS) is 1. The van der Waals surface area contributed by atoms with E-state index in [0.717, 1.165) is 44.5 Å². The maximum Gasteiger partial charge on any atom is 0.323 e. The minimum atomic E-state index is -0.926. The van der Waals surface area contributed by atoms with Crippen LogP contribution in [0.25, 0.3) is 6.08 Å². The van der Waals surface area contributed by atoms with Crippen LogP contribution in [0.3, 0.4) is 0 Å². The number of rotatable bonds is 5. The second-order valence-electron chi connectivity index (χ2n) is 7.37. The van der Waals surface area contributed by atoms with E-state index in [9.17, 15) is 9.59 Å². The normalized spacial score (nSPS) is 20.6. The van der Waals surface area contributed by atoms with E-state index >= 15 is 0 Å². The summed E-state index contributed by atoms with van der Waals surface area (Å²) in [6, 6.07) is 8.43. The van der Waals surface area contributed by atoms with Gasteiger partial charge in [0.2, 0.25) is 5.91 Å². The highest BCUT2D eigenvalue weighted by molar-refractivity contribution is 5.82. The highest BCUT2D eigenvalue weighted by atomic mass is 16.4. The lowest BCUT2D eigenvalue weighted by atomic mass is 9.72. The number of benzene rings is 1. The number of hydrogen-bond acceptors (Lipinski definition) is 3. The van der Waals surface area contributed by atoms with Crippen LogP contribution in [0.15, 0.2) is 30.8 Å². The molecule has 0 bridgehead atoms. The van der Waals surface area contributed by atoms with E-state index in [1.807, 2.05) is 6.08 Å². The van der Waals surface area contributed by atoms with E-state index in [-0.39, 0.29) is 17.9 Å². The van der Waals surface area contributed by atoms with E-state index in [0.29, 0.717) is 13.0 Å². The summed E-state index contributed by atoms with van der Waals surface area (Å²) >= 11 is 0. The number of carbonyl (C=O) groups excluding carboxylic acids is 1. The van der Waals surface area contributed by atoms with Gasteiger partial charge >= 0.3 is 5.97 Å². The first-order chi connectivity index (χ1) is 12.0. The number of amides is 1. The molecule has 2 saturated heterocycles. The van der Waals surface area contributed by atoms with Gasteiger partial charge in [0.25, 0.3) is 0 Å². The van der Waals surface area contributed by atoms with Crippen LogP contribution in [0.4, 0.5) is 0 Å². The molecule has 2 aliphatic rings. The third-order valence-corrected chi connectivity index (χ3v) is 5.58. The molecule has 0 radical (unpaired) electrons. The molecule has 0 saturated carbocycles. The minimum Gasteiger partial charge on any atom is -0.480 e. The van der Waals surface area contributed by atoms with Gasteiger partial charge in [-0.3, -0.25) is 14.5 Å². The molecule has 0 atom stereocenters. The number of nitrogens with zero attached hydrogens (tertiary/aromatic N) is 2. The Bertz CT molecular complexity index is 663. The molecule has 1 amide bonds. The first kappa shape index (κ1) is 17.7. The fourth-order valence-electron chi connectivity index (χ4n) is 4.08. The summed E-state index contributed by atoms with van der Waals surface area (Å²) < 4.78 is 0. The number of likely N-dealkylation sites (tertiary alicyclic amines) is 2. The topological polar surface area (TPSA) is 60.9 Å². The molecule has 3 rings (SSSR count). The molecule has 1 spiro atoms. The summed E-state index contributed by atoms with van der Waals surface area (Å²) in [4.78, 5) is 26.9. The summed E-state index contributed by atoms with van der Waals surface area (Å²) in [7, 11) is 0. The van der Waals surface area contributed by atoms with Crippen LogP contribution in [0.1, 0.15) is 36.8 Å². The number of carbonyl (C=O) groups is 2. The maximum atomic E-state index is 12.0. The minimum absolute atomic E-state index is 0.0169. The SMILES string of the molecule is C=Cc1cccc(CN2CCC3(CCC(=O)N(CC(=O)O)C3)CC2)c1. The van der Waals surface area contributed by atoms with Crippen LogP contribution in [0.5, 0.6) is 0 Å². The molecule has 1 N–H and O–H groups in total. The summed E-state index contributed by atoms with van der Waals surface area (Å²) in [5.41, 5.74) is 2.53. The highest BCUT2D eigenvalue weighted by Gasteiger charge is 2.41. The monoisotopic (exact) mass is 342 g/mol. The highest BCUT2D eigenvalue weighted by Crippen LogP contribution is 2.40. The smallest absolute Gasteiger partial charge is 0.323 e. The van der Waals surface area contributed by atoms with E-state index < -0.39 is 5.97 Å². The summed E-state index contributed by atoms with van der Waals surface area (Å²) in [5, 5.41) is 9.01. The van der Waals surface area contributed by atoms with E-state index in [1.54, 1.807) is 0 Å². The van der Waals surface area contributed by atoms with Gasteiger partial charge in [0.1, 0.15) is 6.54 Å². The molecule has 5 nitrogen and oxygen atoms in total. The molecule has 1 aromatic carbocycles. The second kappa shape index (κ2) is 7.40. The molecule has 2 heterocycles. The Labute approximate surface area is 148 Å². The third kappa shape index (κ3) is 4.28. The van der Waals surface area contributed by atoms with Gasteiger partial charge in [0.15, 0.2) is 0 Å². The molecule has 134 valence electrons. The molecule has 0 unspecified atom stereocenters. The van der Waals surface area contributed by atoms with Crippen LogP contribution in [0, 0.1) is 5.41 Å². The number of piperidine rings is 2. The van der Waals surface area contributed by atoms with Crippen molar-refractivity contribution in [3.63, 3.8) is 0 Å². The lowest BCUT2D eigenvalue weighted by molar-refractivity contribution is -0.149. The average molecular weight is 342 g/mol. The Balaban J connectivity index is 1.58. The van der Waals surface area contributed by atoms with Crippen molar-refractivity contribution in [3.05, 3.63) is 42.0 Å². The Kier molecular flexibility index (Phi) is 5.23. The van der Waals surface area contributed by atoms with Gasteiger partial charge in [-0.15, -0.1) is 0 Å². The number of aliphatic carboxylic acids is 1. The number of hydrogen-bond donors (Lipinski definition) is 1. The Morgan fingerprint density at radius 2 is 2.04 bits per heavy atom. The molecule has 0 aromatic heterocycles. The van der Waals surface area contributed by atoms with E-state index in [1.165, 1.54) is 10.5 Å². The fourth-order valence-corrected chi connectivity index (χ4v) is 4.08. The molecule has 0 aliphatic carbocycles. The van der Waals surface area contributed by atoms with E-state index in [2.05, 4.69) is 35.7 Å². The van der Waals surface area contributed by atoms with Crippen LogP contribution < -0.4 is 0 Å². The predicted octanol–water partition coefficient (Wildman–Crippen LogP) is 2.62. The quantitative estimate of drug-likeness (QED) is 0.893. The zero-order chi connectivity index (χ0) is 17.9. The van der Waals surface area contributed by atoms with Gasteiger partial charge in [-0.25, -0.2) is 0 Å². The molecule has 2 fully saturated rings. The van der Waals surface area contributed by atoms with Crippen molar-refractivity contribution in [2.24, 2.45) is 5.41 Å². The van der Waals surface area contributed by atoms with Crippen LogP contribution in [-0.4, -0.2) is 53.0 Å². The first-order valence-corrected chi connectivity index (χ1v) is 8.93. The summed E-state index contributed by atoms with van der Waals surface area (Å²) in [6.45, 7) is 7.16. The third-order valence-electron chi connectivity index (χ3n) is 5.58. The van der Waals surface area contributed by atoms with Crippen molar-refractivity contribution in [3.8, 4) is 0 Å². The predicted molar refractivity (Wildman–Crippen MR) is 96.9 cm³/mol. The Hall–Kier alpha value is -2.14. The summed E-state index contributed by atoms with van der Waals surface area (Å²) in [6.07, 6.45) is 5.29. The van der Waals surface area contributed by atoms with Crippen molar-refractivity contribution < 1.29 is 14.7 Å². The lowest BCUT2D eigenvalue weighted by Crippen LogP contribution is -2.52. The second-order valence-corrected chi connectivity index (χ2v) is 7.37. The fraction of sp³-hybridized carbons (Fsp3) is 0.500. The molecule has 25 heavy (non-hydrogen) atoms. The van der Waals surface area contributed by atoms with Crippen molar-refractivity contribution >= 4 is 18.0 Å². The average Bonchev–Trinajstić information content (AvgIpc) is 2.60. The van der Waals surface area contributed by atoms with Crippen LogP contribution in [-0.2, 0) is 16.1 Å². The Morgan fingerprint density at radius 3 is 2.72 bits per heavy atom. The molecular formula is C20H26N2O3. The van der Waals surface area contributed by atoms with E-state index in [4.69, 9.17) is 5.11 Å². The van der Waals surface area contributed by atoms with Crippen molar-refractivity contribution in [2.45, 2.75) is 32.2 Å². The molecule has 1 aromatic rings. The van der Waals surface area contributed by atoms with Crippen LogP contribution in [0.2, 0.25) is 0 Å². The summed E-state index contributed by atoms with van der Waals surface area (Å²) in [5.74, 6) is -0.943. The molecular weight excluding hydrogens is 316 g/mol. The standard InChI is InChI=1S/C20H26N2O3/c1-2-16-4-3-5-17(12-16)13-21-10-8-20(9-11-21)7-6-18(23)22(15-20)14-19(24)25/h2-5,12H,1,6-11,13-15H2,(H,24,25). The first-order valence-electron chi connectivity index (χ1n) is 8.93. The van der Waals surface area contributed by atoms with Crippen molar-refractivity contribution in [1.82, 2.24) is 9.80 Å². The zero-order valence-corrected chi connectivity index (χ0v) is 14.6. The van der Waals surface area contributed by atoms with Crippen molar-refractivity contribution in [2.75, 3.05) is 26.2 Å². The van der Waals surface area contributed by atoms with Crippen LogP contribution >= 0.6 is 0 Å². The largest absolute Gasteiger partial charge is 0.480 e. The molecule has 5 heteroatoms. The lowest BCUT2D eigenvalue weighted by Gasteiger charge is -2.47. The van der Waals surface area contributed by atoms with Gasteiger partial charge in [0, 0.05) is 19.5 Å². The zero-order valence-electron chi connectivity index (χ0n) is 14.6. The van der Waals surface area contributed by atoms with Gasteiger partial charge in [-0.05, 0) is 48.9 Å². The van der Waals surface area contributed by atoms with Gasteiger partial charge in [-0.2, -0.15) is 0 Å².